The van der Waals surface area contributed by atoms with Gasteiger partial charge in [0, 0.05) is 30.7 Å². The molecule has 0 saturated carbocycles. The van der Waals surface area contributed by atoms with Gasteiger partial charge >= 0.3 is 6.03 Å². The smallest absolute Gasteiger partial charge is 0.321 e. The first-order valence-corrected chi connectivity index (χ1v) is 10.4. The van der Waals surface area contributed by atoms with Gasteiger partial charge in [-0.15, -0.1) is 5.10 Å². The van der Waals surface area contributed by atoms with Gasteiger partial charge in [0.15, 0.2) is 6.29 Å². The molecule has 0 bridgehead atoms. The first-order chi connectivity index (χ1) is 14.8. The van der Waals surface area contributed by atoms with Crippen LogP contribution in [0.2, 0.25) is 0 Å². The number of aromatic nitrogens is 3. The Morgan fingerprint density at radius 1 is 1.10 bits per heavy atom. The van der Waals surface area contributed by atoms with Crippen molar-refractivity contribution in [1.29, 1.82) is 0 Å². The van der Waals surface area contributed by atoms with Crippen LogP contribution in [0.5, 0.6) is 0 Å². The molecule has 160 valence electrons. The van der Waals surface area contributed by atoms with Crippen LogP contribution < -0.4 is 10.6 Å². The Kier molecular flexibility index (Phi) is 6.83. The first kappa shape index (κ1) is 20.6. The van der Waals surface area contributed by atoms with Crippen molar-refractivity contribution in [3.63, 3.8) is 0 Å². The monoisotopic (exact) mass is 413 g/mol. The molecule has 1 aromatic carbocycles. The van der Waals surface area contributed by atoms with Crippen LogP contribution in [0.1, 0.15) is 25.7 Å². The van der Waals surface area contributed by atoms with Crippen molar-refractivity contribution in [2.75, 3.05) is 38.3 Å². The van der Waals surface area contributed by atoms with Gasteiger partial charge in [0.05, 0.1) is 25.1 Å². The lowest BCUT2D eigenvalue weighted by Crippen LogP contribution is -2.42. The average molecular weight is 413 g/mol. The molecule has 0 unspecified atom stereocenters. The molecule has 2 saturated heterocycles. The SMILES string of the molecule is O=C(NCCCC1(C2OCCO2)CCOCC1)Nc1nncc(-c2ccccc2)n1. The third-order valence-corrected chi connectivity index (χ3v) is 5.60. The largest absolute Gasteiger partial charge is 0.381 e. The van der Waals surface area contributed by atoms with Gasteiger partial charge in [0.25, 0.3) is 5.95 Å². The highest BCUT2D eigenvalue weighted by atomic mass is 16.7. The number of amides is 2. The Morgan fingerprint density at radius 2 is 1.87 bits per heavy atom. The minimum absolute atomic E-state index is 0.0377. The number of urea groups is 1. The maximum absolute atomic E-state index is 12.2. The molecule has 2 aliphatic heterocycles. The third kappa shape index (κ3) is 5.10. The summed E-state index contributed by atoms with van der Waals surface area (Å²) in [6, 6.07) is 9.28. The second kappa shape index (κ2) is 9.92. The minimum Gasteiger partial charge on any atom is -0.381 e. The fraction of sp³-hybridized carbons (Fsp3) is 0.524. The van der Waals surface area contributed by atoms with E-state index in [4.69, 9.17) is 14.2 Å². The van der Waals surface area contributed by atoms with Crippen LogP contribution in [0.25, 0.3) is 11.3 Å². The molecule has 4 rings (SSSR count). The average Bonchev–Trinajstić information content (AvgIpc) is 3.34. The number of nitrogens with zero attached hydrogens (tertiary/aromatic N) is 3. The van der Waals surface area contributed by atoms with E-state index in [9.17, 15) is 4.79 Å². The summed E-state index contributed by atoms with van der Waals surface area (Å²) in [7, 11) is 0. The summed E-state index contributed by atoms with van der Waals surface area (Å²) in [6.07, 6.45) is 4.95. The van der Waals surface area contributed by atoms with Crippen molar-refractivity contribution in [3.8, 4) is 11.3 Å². The van der Waals surface area contributed by atoms with E-state index < -0.39 is 0 Å². The van der Waals surface area contributed by atoms with Crippen molar-refractivity contribution in [2.24, 2.45) is 5.41 Å². The first-order valence-electron chi connectivity index (χ1n) is 10.4. The van der Waals surface area contributed by atoms with Crippen LogP contribution in [0, 0.1) is 5.41 Å². The minimum atomic E-state index is -0.351. The van der Waals surface area contributed by atoms with Crippen molar-refractivity contribution >= 4 is 12.0 Å². The van der Waals surface area contributed by atoms with Gasteiger partial charge in [-0.25, -0.2) is 9.78 Å². The Hall–Kier alpha value is -2.62. The van der Waals surface area contributed by atoms with E-state index in [-0.39, 0.29) is 23.7 Å². The Balaban J connectivity index is 1.26. The summed E-state index contributed by atoms with van der Waals surface area (Å²) in [6.45, 7) is 3.26. The van der Waals surface area contributed by atoms with Crippen molar-refractivity contribution < 1.29 is 19.0 Å². The number of ether oxygens (including phenoxy) is 3. The number of carbonyl (C=O) groups excluding carboxylic acids is 1. The molecule has 1 aromatic heterocycles. The van der Waals surface area contributed by atoms with Crippen LogP contribution in [0.4, 0.5) is 10.7 Å². The standard InChI is InChI=1S/C21H27N5O4/c27-20(25-19-24-17(15-23-26-19)16-5-2-1-3-6-16)22-10-4-7-21(8-11-28-12-9-21)18-29-13-14-30-18/h1-3,5-6,15,18H,4,7-14H2,(H2,22,24,25,26,27). The number of rotatable bonds is 7. The molecular weight excluding hydrogens is 386 g/mol. The van der Waals surface area contributed by atoms with E-state index in [1.807, 2.05) is 30.3 Å². The zero-order valence-corrected chi connectivity index (χ0v) is 16.9. The summed E-state index contributed by atoms with van der Waals surface area (Å²) in [5.74, 6) is 0.169. The Bertz CT molecular complexity index is 823. The molecule has 0 aliphatic carbocycles. The molecule has 2 aromatic rings. The Morgan fingerprint density at radius 3 is 2.63 bits per heavy atom. The molecule has 2 aliphatic rings. The van der Waals surface area contributed by atoms with E-state index in [0.717, 1.165) is 44.5 Å². The summed E-state index contributed by atoms with van der Waals surface area (Å²) in [4.78, 5) is 16.6. The summed E-state index contributed by atoms with van der Waals surface area (Å²) >= 11 is 0. The van der Waals surface area contributed by atoms with Crippen molar-refractivity contribution in [3.05, 3.63) is 36.5 Å². The van der Waals surface area contributed by atoms with Crippen LogP contribution >= 0.6 is 0 Å². The number of hydrogen-bond acceptors (Lipinski definition) is 7. The van der Waals surface area contributed by atoms with E-state index in [1.54, 1.807) is 6.20 Å². The van der Waals surface area contributed by atoms with Crippen LogP contribution in [-0.2, 0) is 14.2 Å². The normalized spacial score (nSPS) is 18.8. The molecule has 2 N–H and O–H groups in total. The van der Waals surface area contributed by atoms with Gasteiger partial charge in [0.2, 0.25) is 0 Å². The lowest BCUT2D eigenvalue weighted by molar-refractivity contribution is -0.168. The van der Waals surface area contributed by atoms with Gasteiger partial charge in [-0.1, -0.05) is 30.3 Å². The molecule has 2 amide bonds. The van der Waals surface area contributed by atoms with Crippen molar-refractivity contribution in [2.45, 2.75) is 32.0 Å². The third-order valence-electron chi connectivity index (χ3n) is 5.60. The van der Waals surface area contributed by atoms with Crippen LogP contribution in [0.3, 0.4) is 0 Å². The molecule has 0 radical (unpaired) electrons. The molecule has 2 fully saturated rings. The highest BCUT2D eigenvalue weighted by Crippen LogP contribution is 2.42. The topological polar surface area (TPSA) is 107 Å². The second-order valence-corrected chi connectivity index (χ2v) is 7.56. The maximum atomic E-state index is 12.2. The van der Waals surface area contributed by atoms with Gasteiger partial charge in [-0.2, -0.15) is 5.10 Å². The lowest BCUT2D eigenvalue weighted by Gasteiger charge is -2.40. The van der Waals surface area contributed by atoms with E-state index in [1.165, 1.54) is 0 Å². The zero-order valence-electron chi connectivity index (χ0n) is 16.9. The number of benzene rings is 1. The summed E-state index contributed by atoms with van der Waals surface area (Å²) in [5, 5.41) is 13.3. The summed E-state index contributed by atoms with van der Waals surface area (Å²) < 4.78 is 17.1. The molecule has 3 heterocycles. The summed E-state index contributed by atoms with van der Waals surface area (Å²) in [5.41, 5.74) is 1.53. The van der Waals surface area contributed by atoms with Gasteiger partial charge in [0.1, 0.15) is 0 Å². The fourth-order valence-electron chi connectivity index (χ4n) is 3.99. The Labute approximate surface area is 175 Å². The predicted octanol–water partition coefficient (Wildman–Crippen LogP) is 2.61. The highest BCUT2D eigenvalue weighted by molar-refractivity contribution is 5.87. The van der Waals surface area contributed by atoms with Gasteiger partial charge in [-0.3, -0.25) is 5.32 Å². The fourth-order valence-corrected chi connectivity index (χ4v) is 3.99. The number of nitrogens with one attached hydrogen (secondary N) is 2. The van der Waals surface area contributed by atoms with E-state index >= 15 is 0 Å². The van der Waals surface area contributed by atoms with Crippen molar-refractivity contribution in [1.82, 2.24) is 20.5 Å². The molecule has 9 heteroatoms. The van der Waals surface area contributed by atoms with Crippen LogP contribution in [0.15, 0.2) is 36.5 Å². The molecular formula is C21H27N5O4. The maximum Gasteiger partial charge on any atom is 0.321 e. The second-order valence-electron chi connectivity index (χ2n) is 7.56. The van der Waals surface area contributed by atoms with Gasteiger partial charge < -0.3 is 19.5 Å². The van der Waals surface area contributed by atoms with Crippen LogP contribution in [-0.4, -0.2) is 60.5 Å². The molecule has 9 nitrogen and oxygen atoms in total. The number of carbonyl (C=O) groups is 1. The number of anilines is 1. The highest BCUT2D eigenvalue weighted by Gasteiger charge is 2.43. The number of hydrogen-bond donors (Lipinski definition) is 2. The molecule has 30 heavy (non-hydrogen) atoms. The van der Waals surface area contributed by atoms with E-state index in [2.05, 4.69) is 25.8 Å². The molecule has 0 atom stereocenters. The molecule has 0 spiro atoms. The predicted molar refractivity (Wildman–Crippen MR) is 110 cm³/mol. The zero-order chi connectivity index (χ0) is 20.7. The lowest BCUT2D eigenvalue weighted by atomic mass is 9.75. The quantitative estimate of drug-likeness (QED) is 0.672. The van der Waals surface area contributed by atoms with Gasteiger partial charge in [-0.05, 0) is 25.7 Å². The van der Waals surface area contributed by atoms with E-state index in [0.29, 0.717) is 25.5 Å².